The third-order valence-corrected chi connectivity index (χ3v) is 4.78. The molecule has 21 heavy (non-hydrogen) atoms. The Morgan fingerprint density at radius 1 is 0.857 bits per heavy atom. The minimum Gasteiger partial charge on any atom is -0.224 e. The van der Waals surface area contributed by atoms with Crippen molar-refractivity contribution in [1.82, 2.24) is 0 Å². The Morgan fingerprint density at radius 2 is 1.48 bits per heavy atom. The van der Waals surface area contributed by atoms with Crippen molar-refractivity contribution in [3.05, 3.63) is 88.8 Å². The SMILES string of the molecule is O=S1(=O)C=C(Cc2ccccc2)C(c2ccccc2)=CC1. The molecule has 1 heterocycles. The van der Waals surface area contributed by atoms with Crippen molar-refractivity contribution in [3.63, 3.8) is 0 Å². The van der Waals surface area contributed by atoms with E-state index in [1.54, 1.807) is 0 Å². The van der Waals surface area contributed by atoms with Gasteiger partial charge in [-0.3, -0.25) is 0 Å². The summed E-state index contributed by atoms with van der Waals surface area (Å²) in [6.45, 7) is 0. The van der Waals surface area contributed by atoms with Gasteiger partial charge in [-0.1, -0.05) is 66.7 Å². The average Bonchev–Trinajstić information content (AvgIpc) is 2.48. The molecule has 0 spiro atoms. The highest BCUT2D eigenvalue weighted by Crippen LogP contribution is 2.30. The molecule has 0 saturated carbocycles. The second-order valence-electron chi connectivity index (χ2n) is 5.12. The summed E-state index contributed by atoms with van der Waals surface area (Å²) in [5, 5.41) is 1.43. The summed E-state index contributed by atoms with van der Waals surface area (Å²) < 4.78 is 23.8. The molecule has 1 aliphatic rings. The zero-order valence-electron chi connectivity index (χ0n) is 11.6. The smallest absolute Gasteiger partial charge is 0.175 e. The van der Waals surface area contributed by atoms with Gasteiger partial charge >= 0.3 is 0 Å². The first kappa shape index (κ1) is 13.8. The quantitative estimate of drug-likeness (QED) is 0.867. The Kier molecular flexibility index (Phi) is 3.76. The first-order chi connectivity index (χ1) is 10.1. The number of hydrogen-bond acceptors (Lipinski definition) is 2. The average molecular weight is 296 g/mol. The predicted octanol–water partition coefficient (Wildman–Crippen LogP) is 3.63. The third-order valence-electron chi connectivity index (χ3n) is 3.51. The molecule has 0 atom stereocenters. The van der Waals surface area contributed by atoms with Gasteiger partial charge in [-0.15, -0.1) is 0 Å². The fraction of sp³-hybridized carbons (Fsp3) is 0.111. The van der Waals surface area contributed by atoms with Gasteiger partial charge in [0.15, 0.2) is 9.84 Å². The zero-order chi connectivity index (χ0) is 14.7. The van der Waals surface area contributed by atoms with E-state index in [2.05, 4.69) is 0 Å². The number of rotatable bonds is 3. The summed E-state index contributed by atoms with van der Waals surface area (Å²) in [5.74, 6) is 0.0789. The maximum atomic E-state index is 11.9. The highest BCUT2D eigenvalue weighted by Gasteiger charge is 2.19. The van der Waals surface area contributed by atoms with E-state index in [0.717, 1.165) is 22.3 Å². The lowest BCUT2D eigenvalue weighted by atomic mass is 9.94. The van der Waals surface area contributed by atoms with E-state index in [0.29, 0.717) is 6.42 Å². The molecular weight excluding hydrogens is 280 g/mol. The van der Waals surface area contributed by atoms with Crippen molar-refractivity contribution >= 4 is 15.4 Å². The van der Waals surface area contributed by atoms with Gasteiger partial charge in [-0.2, -0.15) is 0 Å². The summed E-state index contributed by atoms with van der Waals surface area (Å²) in [5.41, 5.74) is 4.06. The molecule has 3 rings (SSSR count). The summed E-state index contributed by atoms with van der Waals surface area (Å²) in [6.07, 6.45) is 2.45. The lowest BCUT2D eigenvalue weighted by molar-refractivity contribution is 0.607. The summed E-state index contributed by atoms with van der Waals surface area (Å²) in [4.78, 5) is 0. The monoisotopic (exact) mass is 296 g/mol. The lowest BCUT2D eigenvalue weighted by Gasteiger charge is -2.17. The molecule has 106 valence electrons. The molecule has 2 aromatic rings. The van der Waals surface area contributed by atoms with E-state index in [9.17, 15) is 8.42 Å². The Bertz CT molecular complexity index is 786. The van der Waals surface area contributed by atoms with Crippen LogP contribution in [0.3, 0.4) is 0 Å². The molecule has 2 nitrogen and oxygen atoms in total. The van der Waals surface area contributed by atoms with E-state index in [-0.39, 0.29) is 5.75 Å². The van der Waals surface area contributed by atoms with Crippen molar-refractivity contribution in [2.75, 3.05) is 5.75 Å². The Morgan fingerprint density at radius 3 is 2.14 bits per heavy atom. The van der Waals surface area contributed by atoms with Crippen LogP contribution in [0.4, 0.5) is 0 Å². The van der Waals surface area contributed by atoms with Gasteiger partial charge < -0.3 is 0 Å². The predicted molar refractivity (Wildman–Crippen MR) is 86.4 cm³/mol. The lowest BCUT2D eigenvalue weighted by Crippen LogP contribution is -2.10. The van der Waals surface area contributed by atoms with Crippen LogP contribution in [0.5, 0.6) is 0 Å². The van der Waals surface area contributed by atoms with Gasteiger partial charge in [0.25, 0.3) is 0 Å². The zero-order valence-corrected chi connectivity index (χ0v) is 12.4. The van der Waals surface area contributed by atoms with Crippen LogP contribution in [0.1, 0.15) is 11.1 Å². The van der Waals surface area contributed by atoms with Gasteiger partial charge in [0.2, 0.25) is 0 Å². The van der Waals surface area contributed by atoms with Crippen LogP contribution in [0, 0.1) is 0 Å². The highest BCUT2D eigenvalue weighted by atomic mass is 32.2. The number of allylic oxidation sites excluding steroid dienone is 2. The molecule has 0 bridgehead atoms. The number of hydrogen-bond donors (Lipinski definition) is 0. The van der Waals surface area contributed by atoms with Gasteiger partial charge in [0.05, 0.1) is 5.75 Å². The van der Waals surface area contributed by atoms with Crippen LogP contribution in [0.25, 0.3) is 5.57 Å². The molecule has 3 heteroatoms. The van der Waals surface area contributed by atoms with Crippen molar-refractivity contribution in [1.29, 1.82) is 0 Å². The normalized spacial score (nSPS) is 17.0. The highest BCUT2D eigenvalue weighted by molar-refractivity contribution is 7.94. The minimum absolute atomic E-state index is 0.0789. The van der Waals surface area contributed by atoms with Crippen LogP contribution in [0.15, 0.2) is 77.7 Å². The Balaban J connectivity index is 2.00. The van der Waals surface area contributed by atoms with Gasteiger partial charge in [0.1, 0.15) is 0 Å². The number of benzene rings is 2. The molecule has 0 amide bonds. The minimum atomic E-state index is -3.13. The largest absolute Gasteiger partial charge is 0.224 e. The maximum absolute atomic E-state index is 11.9. The molecule has 0 saturated heterocycles. The first-order valence-corrected chi connectivity index (χ1v) is 8.59. The first-order valence-electron chi connectivity index (χ1n) is 6.87. The molecular formula is C18H16O2S. The van der Waals surface area contributed by atoms with Gasteiger partial charge in [0, 0.05) is 5.41 Å². The molecule has 0 unspecified atom stereocenters. The molecule has 2 aromatic carbocycles. The second-order valence-corrected chi connectivity index (χ2v) is 7.01. The number of sulfone groups is 1. The van der Waals surface area contributed by atoms with Gasteiger partial charge in [-0.25, -0.2) is 8.42 Å². The molecule has 0 fully saturated rings. The van der Waals surface area contributed by atoms with Crippen molar-refractivity contribution in [2.45, 2.75) is 6.42 Å². The van der Waals surface area contributed by atoms with E-state index >= 15 is 0 Å². The molecule has 0 aromatic heterocycles. The van der Waals surface area contributed by atoms with Crippen molar-refractivity contribution < 1.29 is 8.42 Å². The second kappa shape index (κ2) is 5.70. The van der Waals surface area contributed by atoms with Crippen LogP contribution in [-0.4, -0.2) is 14.2 Å². The summed E-state index contributed by atoms with van der Waals surface area (Å²) >= 11 is 0. The standard InChI is InChI=1S/C18H16O2S/c19-21(20)12-11-18(16-9-5-2-6-10-16)17(14-21)13-15-7-3-1-4-8-15/h1-11,14H,12-13H2. The summed E-state index contributed by atoms with van der Waals surface area (Å²) in [6, 6.07) is 19.9. The van der Waals surface area contributed by atoms with E-state index in [1.165, 1.54) is 5.41 Å². The molecule has 0 N–H and O–H groups in total. The van der Waals surface area contributed by atoms with Crippen LogP contribution >= 0.6 is 0 Å². The Labute approximate surface area is 125 Å². The summed E-state index contributed by atoms with van der Waals surface area (Å²) in [7, 11) is -3.13. The third kappa shape index (κ3) is 3.31. The fourth-order valence-electron chi connectivity index (χ4n) is 2.53. The van der Waals surface area contributed by atoms with E-state index in [4.69, 9.17) is 0 Å². The fourth-order valence-corrected chi connectivity index (χ4v) is 3.67. The Hall–Kier alpha value is -2.13. The van der Waals surface area contributed by atoms with Gasteiger partial charge in [-0.05, 0) is 28.7 Å². The van der Waals surface area contributed by atoms with Crippen LogP contribution in [-0.2, 0) is 16.3 Å². The molecule has 1 aliphatic heterocycles. The van der Waals surface area contributed by atoms with Crippen LogP contribution in [0.2, 0.25) is 0 Å². The topological polar surface area (TPSA) is 34.1 Å². The van der Waals surface area contributed by atoms with Crippen molar-refractivity contribution in [3.8, 4) is 0 Å². The molecule has 0 radical (unpaired) electrons. The van der Waals surface area contributed by atoms with E-state index in [1.807, 2.05) is 66.7 Å². The van der Waals surface area contributed by atoms with Crippen LogP contribution < -0.4 is 0 Å². The van der Waals surface area contributed by atoms with E-state index < -0.39 is 9.84 Å². The van der Waals surface area contributed by atoms with Crippen molar-refractivity contribution in [2.24, 2.45) is 0 Å². The molecule has 0 aliphatic carbocycles. The maximum Gasteiger partial charge on any atom is 0.175 e.